The molecule has 2 aliphatic rings. The highest BCUT2D eigenvalue weighted by atomic mass is 32.2. The number of nitrogens with one attached hydrogen (secondary N) is 1. The van der Waals surface area contributed by atoms with Crippen molar-refractivity contribution in [2.45, 2.75) is 52.7 Å². The Balaban J connectivity index is 1.13. The van der Waals surface area contributed by atoms with Gasteiger partial charge in [0, 0.05) is 44.1 Å². The summed E-state index contributed by atoms with van der Waals surface area (Å²) >= 11 is 0. The molecule has 6 rings (SSSR count). The zero-order valence-corrected chi connectivity index (χ0v) is 22.9. The molecule has 1 fully saturated rings. The number of fused-ring (bicyclic) bond motifs is 2. The molecule has 1 amide bonds. The Bertz CT molecular complexity index is 1640. The third-order valence-corrected chi connectivity index (χ3v) is 9.22. The summed E-state index contributed by atoms with van der Waals surface area (Å²) in [6, 6.07) is 7.70. The first-order chi connectivity index (χ1) is 18.8. The minimum Gasteiger partial charge on any atom is -0.347 e. The number of rotatable bonds is 7. The molecular weight excluding hydrogens is 518 g/mol. The SMILES string of the molecule is CCc1nc2ncc(C)cn2c1C(=O)NCc1ccc(-c2nc3n(n2)CCN(S(=O)(=O)N2CCCC2)C3)cc1. The molecular formula is C26H31N9O3S. The predicted molar refractivity (Wildman–Crippen MR) is 144 cm³/mol. The second kappa shape index (κ2) is 10.1. The van der Waals surface area contributed by atoms with E-state index in [1.54, 1.807) is 19.6 Å². The Hall–Kier alpha value is -3.68. The molecule has 0 spiro atoms. The van der Waals surface area contributed by atoms with Crippen LogP contribution in [0.3, 0.4) is 0 Å². The maximum absolute atomic E-state index is 13.1. The number of nitrogens with zero attached hydrogens (tertiary/aromatic N) is 8. The number of hydrogen-bond donors (Lipinski definition) is 1. The predicted octanol–water partition coefficient (Wildman–Crippen LogP) is 1.94. The molecule has 0 aliphatic carbocycles. The molecule has 0 radical (unpaired) electrons. The summed E-state index contributed by atoms with van der Waals surface area (Å²) in [4.78, 5) is 26.6. The van der Waals surface area contributed by atoms with Crippen LogP contribution in [-0.2, 0) is 36.3 Å². The summed E-state index contributed by atoms with van der Waals surface area (Å²) < 4.78 is 32.5. The minimum absolute atomic E-state index is 0.201. The van der Waals surface area contributed by atoms with Crippen molar-refractivity contribution in [3.8, 4) is 11.4 Å². The van der Waals surface area contributed by atoms with Gasteiger partial charge in [0.2, 0.25) is 5.78 Å². The van der Waals surface area contributed by atoms with E-state index in [0.29, 0.717) is 68.0 Å². The molecule has 1 N–H and O–H groups in total. The van der Waals surface area contributed by atoms with Crippen molar-refractivity contribution >= 4 is 21.9 Å². The van der Waals surface area contributed by atoms with Crippen LogP contribution in [0.2, 0.25) is 0 Å². The van der Waals surface area contributed by atoms with Crippen LogP contribution >= 0.6 is 0 Å². The van der Waals surface area contributed by atoms with Gasteiger partial charge in [-0.3, -0.25) is 9.20 Å². The van der Waals surface area contributed by atoms with E-state index in [4.69, 9.17) is 0 Å². The molecule has 204 valence electrons. The lowest BCUT2D eigenvalue weighted by molar-refractivity contribution is 0.0944. The molecule has 12 nitrogen and oxygen atoms in total. The molecule has 39 heavy (non-hydrogen) atoms. The molecule has 0 bridgehead atoms. The summed E-state index contributed by atoms with van der Waals surface area (Å²) in [6.45, 7) is 6.49. The number of hydrogen-bond acceptors (Lipinski definition) is 7. The van der Waals surface area contributed by atoms with Crippen molar-refractivity contribution in [1.82, 2.24) is 43.1 Å². The van der Waals surface area contributed by atoms with Gasteiger partial charge in [0.25, 0.3) is 16.1 Å². The molecule has 0 unspecified atom stereocenters. The number of imidazole rings is 1. The fourth-order valence-corrected chi connectivity index (χ4v) is 6.75. The normalized spacial score (nSPS) is 16.6. The van der Waals surface area contributed by atoms with E-state index in [0.717, 1.165) is 29.5 Å². The maximum atomic E-state index is 13.1. The van der Waals surface area contributed by atoms with Gasteiger partial charge >= 0.3 is 0 Å². The van der Waals surface area contributed by atoms with E-state index in [1.807, 2.05) is 44.3 Å². The van der Waals surface area contributed by atoms with Crippen LogP contribution in [-0.4, -0.2) is 71.7 Å². The lowest BCUT2D eigenvalue weighted by Gasteiger charge is -2.29. The molecule has 4 aromatic rings. The van der Waals surface area contributed by atoms with E-state index >= 15 is 0 Å². The molecule has 2 aliphatic heterocycles. The lowest BCUT2D eigenvalue weighted by atomic mass is 10.1. The second-order valence-electron chi connectivity index (χ2n) is 9.96. The summed E-state index contributed by atoms with van der Waals surface area (Å²) in [5.41, 5.74) is 3.93. The molecule has 1 aromatic carbocycles. The highest BCUT2D eigenvalue weighted by molar-refractivity contribution is 7.86. The first-order valence-corrected chi connectivity index (χ1v) is 14.6. The van der Waals surface area contributed by atoms with Crippen LogP contribution in [0.5, 0.6) is 0 Å². The summed E-state index contributed by atoms with van der Waals surface area (Å²) in [5.74, 6) is 1.51. The van der Waals surface area contributed by atoms with Crippen LogP contribution in [0.4, 0.5) is 0 Å². The molecule has 0 atom stereocenters. The Morgan fingerprint density at radius 3 is 2.54 bits per heavy atom. The Labute approximate surface area is 226 Å². The van der Waals surface area contributed by atoms with E-state index in [-0.39, 0.29) is 12.5 Å². The molecule has 0 saturated carbocycles. The van der Waals surface area contributed by atoms with Gasteiger partial charge in [0.15, 0.2) is 5.82 Å². The fourth-order valence-electron chi connectivity index (χ4n) is 5.12. The monoisotopic (exact) mass is 549 g/mol. The highest BCUT2D eigenvalue weighted by Crippen LogP contribution is 2.23. The number of carbonyl (C=O) groups excluding carboxylic acids is 1. The van der Waals surface area contributed by atoms with Gasteiger partial charge in [0.1, 0.15) is 11.5 Å². The molecule has 3 aromatic heterocycles. The average Bonchev–Trinajstić information content (AvgIpc) is 3.70. The van der Waals surface area contributed by atoms with Crippen molar-refractivity contribution < 1.29 is 13.2 Å². The van der Waals surface area contributed by atoms with Crippen molar-refractivity contribution in [3.63, 3.8) is 0 Å². The minimum atomic E-state index is -3.47. The third-order valence-electron chi connectivity index (χ3n) is 7.24. The first-order valence-electron chi connectivity index (χ1n) is 13.2. The lowest BCUT2D eigenvalue weighted by Crippen LogP contribution is -2.46. The van der Waals surface area contributed by atoms with Crippen LogP contribution in [0.1, 0.15) is 52.9 Å². The molecule has 5 heterocycles. The number of carbonyl (C=O) groups is 1. The van der Waals surface area contributed by atoms with Gasteiger partial charge in [-0.15, -0.1) is 0 Å². The van der Waals surface area contributed by atoms with Crippen LogP contribution < -0.4 is 5.32 Å². The van der Waals surface area contributed by atoms with Gasteiger partial charge < -0.3 is 5.32 Å². The third kappa shape index (κ3) is 4.81. The summed E-state index contributed by atoms with van der Waals surface area (Å²) in [6.07, 6.45) is 6.05. The van der Waals surface area contributed by atoms with Crippen molar-refractivity contribution in [3.05, 3.63) is 65.0 Å². The summed E-state index contributed by atoms with van der Waals surface area (Å²) in [7, 11) is -3.47. The highest BCUT2D eigenvalue weighted by Gasteiger charge is 2.35. The molecule has 1 saturated heterocycles. The van der Waals surface area contributed by atoms with Crippen LogP contribution in [0, 0.1) is 6.92 Å². The molecule has 13 heteroatoms. The Morgan fingerprint density at radius 2 is 1.79 bits per heavy atom. The summed E-state index contributed by atoms with van der Waals surface area (Å²) in [5, 5.41) is 7.61. The number of benzene rings is 1. The van der Waals surface area contributed by atoms with Gasteiger partial charge in [-0.25, -0.2) is 19.6 Å². The number of amides is 1. The van der Waals surface area contributed by atoms with Gasteiger partial charge in [-0.1, -0.05) is 31.2 Å². The Kier molecular flexibility index (Phi) is 6.65. The van der Waals surface area contributed by atoms with Gasteiger partial charge in [0.05, 0.1) is 18.8 Å². The quantitative estimate of drug-likeness (QED) is 0.373. The van der Waals surface area contributed by atoms with Crippen molar-refractivity contribution in [2.75, 3.05) is 19.6 Å². The first kappa shape index (κ1) is 25.6. The smallest absolute Gasteiger partial charge is 0.282 e. The topological polar surface area (TPSA) is 131 Å². The average molecular weight is 550 g/mol. The second-order valence-corrected chi connectivity index (χ2v) is 11.9. The fraction of sp³-hybridized carbons (Fsp3) is 0.423. The zero-order chi connectivity index (χ0) is 27.1. The van der Waals surface area contributed by atoms with Gasteiger partial charge in [-0.05, 0) is 37.3 Å². The Morgan fingerprint density at radius 1 is 1.03 bits per heavy atom. The van der Waals surface area contributed by atoms with Crippen LogP contribution in [0.15, 0.2) is 36.7 Å². The van der Waals surface area contributed by atoms with Crippen molar-refractivity contribution in [1.29, 1.82) is 0 Å². The van der Waals surface area contributed by atoms with E-state index < -0.39 is 10.2 Å². The maximum Gasteiger partial charge on any atom is 0.282 e. The van der Waals surface area contributed by atoms with Crippen LogP contribution in [0.25, 0.3) is 17.2 Å². The zero-order valence-electron chi connectivity index (χ0n) is 22.0. The largest absolute Gasteiger partial charge is 0.347 e. The number of aromatic nitrogens is 6. The standard InChI is InChI=1S/C26H31N9O3S/c1-3-21-23(34-16-18(2)14-28-26(34)29-21)25(36)27-15-19-6-8-20(9-7-19)24-30-22-17-33(12-13-35(22)31-24)39(37,38)32-10-4-5-11-32/h6-9,14,16H,3-5,10-13,15,17H2,1-2H3,(H,27,36). The van der Waals surface area contributed by atoms with E-state index in [2.05, 4.69) is 25.4 Å². The number of aryl methyl sites for hydroxylation is 2. The van der Waals surface area contributed by atoms with E-state index in [1.165, 1.54) is 4.31 Å². The van der Waals surface area contributed by atoms with Crippen molar-refractivity contribution in [2.24, 2.45) is 0 Å². The van der Waals surface area contributed by atoms with E-state index in [9.17, 15) is 13.2 Å². The van der Waals surface area contributed by atoms with Gasteiger partial charge in [-0.2, -0.15) is 22.1 Å².